The van der Waals surface area contributed by atoms with Gasteiger partial charge in [-0.3, -0.25) is 13.9 Å². The number of H-pyrrole nitrogens is 1. The molecule has 0 amide bonds. The molecule has 0 aliphatic rings. The Labute approximate surface area is 146 Å². The summed E-state index contributed by atoms with van der Waals surface area (Å²) in [7, 11) is 4.57. The van der Waals surface area contributed by atoms with E-state index in [1.807, 2.05) is 24.3 Å². The molecular weight excluding hydrogens is 338 g/mol. The van der Waals surface area contributed by atoms with E-state index in [-0.39, 0.29) is 11.2 Å². The van der Waals surface area contributed by atoms with E-state index in [0.29, 0.717) is 17.3 Å². The van der Waals surface area contributed by atoms with Crippen LogP contribution in [0.1, 0.15) is 0 Å². The van der Waals surface area contributed by atoms with Gasteiger partial charge in [0.05, 0.1) is 19.0 Å². The molecule has 1 aromatic carbocycles. The van der Waals surface area contributed by atoms with Crippen LogP contribution in [0.5, 0.6) is 5.75 Å². The van der Waals surface area contributed by atoms with Crippen LogP contribution in [0.25, 0.3) is 28.4 Å². The maximum atomic E-state index is 12.3. The highest BCUT2D eigenvalue weighted by Crippen LogP contribution is 2.19. The van der Waals surface area contributed by atoms with Crippen LogP contribution < -0.4 is 16.0 Å². The van der Waals surface area contributed by atoms with E-state index in [2.05, 4.69) is 20.3 Å². The second-order valence-corrected chi connectivity index (χ2v) is 5.74. The molecule has 26 heavy (non-hydrogen) atoms. The Kier molecular flexibility index (Phi) is 3.46. The van der Waals surface area contributed by atoms with Crippen molar-refractivity contribution in [2.24, 2.45) is 14.1 Å². The Morgan fingerprint density at radius 2 is 1.96 bits per heavy atom. The van der Waals surface area contributed by atoms with Crippen molar-refractivity contribution >= 4 is 11.2 Å². The Balaban J connectivity index is 1.83. The van der Waals surface area contributed by atoms with E-state index in [4.69, 9.17) is 4.74 Å². The largest absolute Gasteiger partial charge is 0.497 e. The van der Waals surface area contributed by atoms with Crippen LogP contribution in [-0.2, 0) is 14.1 Å². The molecule has 0 spiro atoms. The lowest BCUT2D eigenvalue weighted by Crippen LogP contribution is -2.36. The normalized spacial score (nSPS) is 11.2. The first-order valence-corrected chi connectivity index (χ1v) is 7.72. The number of hydrogen-bond donors (Lipinski definition) is 1. The summed E-state index contributed by atoms with van der Waals surface area (Å²) in [6.45, 7) is 0. The number of hydrogen-bond acceptors (Lipinski definition) is 6. The van der Waals surface area contributed by atoms with E-state index < -0.39 is 11.2 Å². The van der Waals surface area contributed by atoms with E-state index >= 15 is 0 Å². The molecule has 0 fully saturated rings. The zero-order valence-corrected chi connectivity index (χ0v) is 14.3. The molecule has 4 rings (SSSR count). The second-order valence-electron chi connectivity index (χ2n) is 5.74. The lowest BCUT2D eigenvalue weighted by atomic mass is 10.3. The van der Waals surface area contributed by atoms with Gasteiger partial charge < -0.3 is 9.72 Å². The lowest BCUT2D eigenvalue weighted by molar-refractivity contribution is 0.414. The Morgan fingerprint density at radius 3 is 2.73 bits per heavy atom. The zero-order valence-electron chi connectivity index (χ0n) is 14.3. The van der Waals surface area contributed by atoms with Gasteiger partial charge in [0.2, 0.25) is 0 Å². The highest BCUT2D eigenvalue weighted by Gasteiger charge is 2.16. The molecule has 0 saturated heterocycles. The lowest BCUT2D eigenvalue weighted by Gasteiger charge is -2.02. The highest BCUT2D eigenvalue weighted by atomic mass is 16.5. The topological polar surface area (TPSA) is 113 Å². The first-order chi connectivity index (χ1) is 12.5. The summed E-state index contributed by atoms with van der Waals surface area (Å²) in [6.07, 6.45) is 1.68. The predicted molar refractivity (Wildman–Crippen MR) is 93.5 cm³/mol. The van der Waals surface area contributed by atoms with Crippen LogP contribution in [0.3, 0.4) is 0 Å². The molecule has 3 aromatic heterocycles. The van der Waals surface area contributed by atoms with Gasteiger partial charge in [0.25, 0.3) is 5.56 Å². The Bertz CT molecular complexity index is 1240. The summed E-state index contributed by atoms with van der Waals surface area (Å²) in [5.41, 5.74) is 0.827. The van der Waals surface area contributed by atoms with Crippen LogP contribution in [0.2, 0.25) is 0 Å². The molecule has 0 unspecified atom stereocenters. The van der Waals surface area contributed by atoms with Gasteiger partial charge in [-0.1, -0.05) is 11.3 Å². The SMILES string of the molecule is COc1cccc(-n2cc(-c3nc4c([nH]3)c(=O)n(C)c(=O)n4C)nn2)c1. The van der Waals surface area contributed by atoms with Crippen LogP contribution in [0.4, 0.5) is 0 Å². The third kappa shape index (κ3) is 2.31. The van der Waals surface area contributed by atoms with Gasteiger partial charge in [0.15, 0.2) is 11.5 Å². The van der Waals surface area contributed by atoms with Gasteiger partial charge in [-0.25, -0.2) is 14.5 Å². The standard InChI is InChI=1S/C16H15N7O3/c1-21-14-12(15(24)22(2)16(21)25)17-13(18-14)11-8-23(20-19-11)9-5-4-6-10(7-9)26-3/h4-8H,1-3H3,(H,17,18). The predicted octanol–water partition coefficient (Wildman–Crippen LogP) is 0.217. The Morgan fingerprint density at radius 1 is 1.15 bits per heavy atom. The molecule has 1 N–H and O–H groups in total. The fourth-order valence-corrected chi connectivity index (χ4v) is 2.70. The number of rotatable bonds is 3. The number of ether oxygens (including phenoxy) is 1. The van der Waals surface area contributed by atoms with Crippen molar-refractivity contribution in [1.82, 2.24) is 34.1 Å². The smallest absolute Gasteiger partial charge is 0.332 e. The molecule has 10 heteroatoms. The van der Waals surface area contributed by atoms with E-state index in [1.54, 1.807) is 25.0 Å². The molecule has 0 bridgehead atoms. The molecule has 0 aliphatic carbocycles. The zero-order chi connectivity index (χ0) is 18.4. The fourth-order valence-electron chi connectivity index (χ4n) is 2.70. The van der Waals surface area contributed by atoms with Crippen molar-refractivity contribution in [3.63, 3.8) is 0 Å². The average Bonchev–Trinajstić information content (AvgIpc) is 3.32. The maximum absolute atomic E-state index is 12.3. The highest BCUT2D eigenvalue weighted by molar-refractivity contribution is 5.74. The maximum Gasteiger partial charge on any atom is 0.332 e. The fraction of sp³-hybridized carbons (Fsp3) is 0.188. The minimum atomic E-state index is -0.444. The van der Waals surface area contributed by atoms with E-state index in [9.17, 15) is 9.59 Å². The quantitative estimate of drug-likeness (QED) is 0.564. The van der Waals surface area contributed by atoms with Crippen molar-refractivity contribution in [2.45, 2.75) is 0 Å². The first-order valence-electron chi connectivity index (χ1n) is 7.72. The minimum absolute atomic E-state index is 0.237. The Hall–Kier alpha value is -3.69. The van der Waals surface area contributed by atoms with Crippen LogP contribution in [-0.4, -0.2) is 41.2 Å². The summed E-state index contributed by atoms with van der Waals surface area (Å²) in [5, 5.41) is 8.19. The van der Waals surface area contributed by atoms with E-state index in [0.717, 1.165) is 10.3 Å². The first kappa shape index (κ1) is 15.8. The van der Waals surface area contributed by atoms with Gasteiger partial charge in [-0.05, 0) is 12.1 Å². The number of nitrogens with one attached hydrogen (secondary N) is 1. The molecule has 4 aromatic rings. The monoisotopic (exact) mass is 353 g/mol. The molecular formula is C16H15N7O3. The number of imidazole rings is 1. The number of aromatic nitrogens is 7. The number of aryl methyl sites for hydroxylation is 1. The van der Waals surface area contributed by atoms with Crippen molar-refractivity contribution < 1.29 is 4.74 Å². The number of benzene rings is 1. The van der Waals surface area contributed by atoms with Crippen molar-refractivity contribution in [3.8, 4) is 23.0 Å². The summed E-state index contributed by atoms with van der Waals surface area (Å²) in [6, 6.07) is 7.35. The van der Waals surface area contributed by atoms with E-state index in [1.165, 1.54) is 11.6 Å². The average molecular weight is 353 g/mol. The number of fused-ring (bicyclic) bond motifs is 1. The number of nitrogens with zero attached hydrogens (tertiary/aromatic N) is 6. The molecule has 0 saturated carbocycles. The third-order valence-corrected chi connectivity index (χ3v) is 4.15. The third-order valence-electron chi connectivity index (χ3n) is 4.15. The van der Waals surface area contributed by atoms with Gasteiger partial charge in [-0.15, -0.1) is 5.10 Å². The van der Waals surface area contributed by atoms with Gasteiger partial charge in [-0.2, -0.15) is 0 Å². The minimum Gasteiger partial charge on any atom is -0.497 e. The molecule has 0 aliphatic heterocycles. The van der Waals surface area contributed by atoms with Crippen molar-refractivity contribution in [2.75, 3.05) is 7.11 Å². The summed E-state index contributed by atoms with van der Waals surface area (Å²) in [4.78, 5) is 31.6. The molecule has 0 radical (unpaired) electrons. The van der Waals surface area contributed by atoms with Gasteiger partial charge in [0, 0.05) is 20.2 Å². The van der Waals surface area contributed by atoms with Gasteiger partial charge >= 0.3 is 5.69 Å². The molecule has 0 atom stereocenters. The van der Waals surface area contributed by atoms with Crippen LogP contribution >= 0.6 is 0 Å². The summed E-state index contributed by atoms with van der Waals surface area (Å²) >= 11 is 0. The molecule has 132 valence electrons. The van der Waals surface area contributed by atoms with Crippen molar-refractivity contribution in [1.29, 1.82) is 0 Å². The number of aromatic amines is 1. The van der Waals surface area contributed by atoms with Crippen LogP contribution in [0, 0.1) is 0 Å². The number of methoxy groups -OCH3 is 1. The molecule has 3 heterocycles. The van der Waals surface area contributed by atoms with Crippen LogP contribution in [0.15, 0.2) is 40.1 Å². The second kappa shape index (κ2) is 5.69. The summed E-state index contributed by atoms with van der Waals surface area (Å²) in [5.74, 6) is 1.05. The van der Waals surface area contributed by atoms with Gasteiger partial charge in [0.1, 0.15) is 17.0 Å². The summed E-state index contributed by atoms with van der Waals surface area (Å²) < 4.78 is 9.11. The molecule has 10 nitrogen and oxygen atoms in total. The van der Waals surface area contributed by atoms with Crippen molar-refractivity contribution in [3.05, 3.63) is 51.3 Å².